The molecule has 0 saturated carbocycles. The van der Waals surface area contributed by atoms with Gasteiger partial charge in [0.1, 0.15) is 16.6 Å². The molecule has 30 heavy (non-hydrogen) atoms. The third kappa shape index (κ3) is 4.44. The van der Waals surface area contributed by atoms with Gasteiger partial charge in [-0.3, -0.25) is 4.79 Å². The van der Waals surface area contributed by atoms with Crippen molar-refractivity contribution in [3.05, 3.63) is 70.4 Å². The summed E-state index contributed by atoms with van der Waals surface area (Å²) in [6, 6.07) is 11.2. The molecule has 1 N–H and O–H groups in total. The molecule has 0 aliphatic heterocycles. The van der Waals surface area contributed by atoms with E-state index in [0.717, 1.165) is 9.88 Å². The van der Waals surface area contributed by atoms with Gasteiger partial charge in [-0.05, 0) is 42.6 Å². The van der Waals surface area contributed by atoms with Gasteiger partial charge in [-0.25, -0.2) is 18.9 Å². The lowest BCUT2D eigenvalue weighted by atomic mass is 10.3. The van der Waals surface area contributed by atoms with Crippen LogP contribution in [0.1, 0.15) is 16.2 Å². The maximum Gasteiger partial charge on any atom is 0.358 e. The molecular weight excluding hydrogens is 427 g/mol. The van der Waals surface area contributed by atoms with Crippen LogP contribution in [0.3, 0.4) is 0 Å². The topological polar surface area (TPSA) is 86.1 Å². The highest BCUT2D eigenvalue weighted by Gasteiger charge is 2.17. The minimum atomic E-state index is -0.674. The van der Waals surface area contributed by atoms with E-state index in [0.29, 0.717) is 17.2 Å². The van der Waals surface area contributed by atoms with Gasteiger partial charge in [0.15, 0.2) is 12.3 Å². The zero-order valence-corrected chi connectivity index (χ0v) is 17.3. The summed E-state index contributed by atoms with van der Waals surface area (Å²) in [7, 11) is 0. The molecule has 0 aliphatic rings. The second-order valence-corrected chi connectivity index (χ2v) is 8.00. The van der Waals surface area contributed by atoms with E-state index in [1.807, 2.05) is 17.5 Å². The van der Waals surface area contributed by atoms with Gasteiger partial charge < -0.3 is 10.1 Å². The maximum absolute atomic E-state index is 13.2. The van der Waals surface area contributed by atoms with Crippen molar-refractivity contribution in [3.63, 3.8) is 0 Å². The molecule has 152 valence electrons. The Kier molecular flexibility index (Phi) is 5.68. The van der Waals surface area contributed by atoms with Crippen LogP contribution < -0.4 is 5.32 Å². The van der Waals surface area contributed by atoms with Crippen LogP contribution >= 0.6 is 22.7 Å². The predicted octanol–water partition coefficient (Wildman–Crippen LogP) is 4.30. The molecule has 4 rings (SSSR count). The van der Waals surface area contributed by atoms with Gasteiger partial charge in [-0.15, -0.1) is 22.7 Å². The molecule has 10 heteroatoms. The summed E-state index contributed by atoms with van der Waals surface area (Å²) >= 11 is 2.86. The average molecular weight is 442 g/mol. The summed E-state index contributed by atoms with van der Waals surface area (Å²) in [6.07, 6.45) is 0. The summed E-state index contributed by atoms with van der Waals surface area (Å²) in [5.41, 5.74) is 1.40. The molecule has 0 spiro atoms. The number of thiazole rings is 1. The van der Waals surface area contributed by atoms with Crippen LogP contribution in [-0.2, 0) is 9.53 Å². The number of thiophene rings is 1. The van der Waals surface area contributed by atoms with E-state index in [1.165, 1.54) is 39.5 Å². The number of esters is 1. The number of aromatic nitrogens is 3. The quantitative estimate of drug-likeness (QED) is 0.450. The summed E-state index contributed by atoms with van der Waals surface area (Å²) in [6.45, 7) is 1.29. The van der Waals surface area contributed by atoms with Crippen molar-refractivity contribution >= 4 is 40.4 Å². The van der Waals surface area contributed by atoms with E-state index in [9.17, 15) is 14.0 Å². The van der Waals surface area contributed by atoms with Crippen LogP contribution in [-0.4, -0.2) is 33.2 Å². The molecule has 7 nitrogen and oxygen atoms in total. The van der Waals surface area contributed by atoms with Crippen molar-refractivity contribution < 1.29 is 18.7 Å². The molecule has 0 fully saturated rings. The normalized spacial score (nSPS) is 10.7. The number of ether oxygens (including phenoxy) is 1. The fraction of sp³-hybridized carbons (Fsp3) is 0.100. The highest BCUT2D eigenvalue weighted by molar-refractivity contribution is 7.20. The Bertz CT molecular complexity index is 1180. The highest BCUT2D eigenvalue weighted by atomic mass is 32.1. The number of carbonyl (C=O) groups is 2. The van der Waals surface area contributed by atoms with Crippen LogP contribution in [0.25, 0.3) is 15.6 Å². The van der Waals surface area contributed by atoms with E-state index < -0.39 is 18.5 Å². The van der Waals surface area contributed by atoms with Crippen molar-refractivity contribution in [2.24, 2.45) is 0 Å². The van der Waals surface area contributed by atoms with Gasteiger partial charge in [0, 0.05) is 11.4 Å². The van der Waals surface area contributed by atoms with Crippen LogP contribution in [0.15, 0.2) is 53.2 Å². The lowest BCUT2D eigenvalue weighted by molar-refractivity contribution is -0.119. The van der Waals surface area contributed by atoms with Gasteiger partial charge in [0.25, 0.3) is 5.91 Å². The number of rotatable bonds is 6. The van der Waals surface area contributed by atoms with Crippen molar-refractivity contribution in [1.82, 2.24) is 14.8 Å². The molecule has 3 heterocycles. The fourth-order valence-electron chi connectivity index (χ4n) is 2.63. The standard InChI is InChI=1S/C20H15FN4O3S2/c1-12-9-17(25(24-12)14-6-4-13(21)5-7-14)23-18(26)10-28-20(27)15-11-30-19(22-15)16-3-2-8-29-16/h2-9,11H,10H2,1H3,(H,23,26). The third-order valence-electron chi connectivity index (χ3n) is 3.95. The van der Waals surface area contributed by atoms with Crippen molar-refractivity contribution in [2.75, 3.05) is 11.9 Å². The van der Waals surface area contributed by atoms with Gasteiger partial charge in [0.05, 0.1) is 16.3 Å². The molecule has 0 aliphatic carbocycles. The molecule has 3 aromatic heterocycles. The molecule has 1 amide bonds. The smallest absolute Gasteiger partial charge is 0.358 e. The Morgan fingerprint density at radius 1 is 1.20 bits per heavy atom. The van der Waals surface area contributed by atoms with Gasteiger partial charge >= 0.3 is 5.97 Å². The van der Waals surface area contributed by atoms with Crippen LogP contribution in [0.4, 0.5) is 10.2 Å². The SMILES string of the molecule is Cc1cc(NC(=O)COC(=O)c2csc(-c3cccs3)n2)n(-c2ccc(F)cc2)n1. The number of halogens is 1. The molecule has 0 atom stereocenters. The fourth-order valence-corrected chi connectivity index (χ4v) is 4.24. The first-order valence-electron chi connectivity index (χ1n) is 8.78. The minimum Gasteiger partial charge on any atom is -0.451 e. The number of nitrogens with one attached hydrogen (secondary N) is 1. The highest BCUT2D eigenvalue weighted by Crippen LogP contribution is 2.28. The van der Waals surface area contributed by atoms with E-state index in [-0.39, 0.29) is 11.5 Å². The number of hydrogen-bond acceptors (Lipinski definition) is 7. The summed E-state index contributed by atoms with van der Waals surface area (Å²) < 4.78 is 19.7. The maximum atomic E-state index is 13.2. The van der Waals surface area contributed by atoms with Crippen molar-refractivity contribution in [1.29, 1.82) is 0 Å². The number of benzene rings is 1. The molecule has 0 radical (unpaired) electrons. The second kappa shape index (κ2) is 8.56. The molecule has 4 aromatic rings. The lowest BCUT2D eigenvalue weighted by Crippen LogP contribution is -2.22. The van der Waals surface area contributed by atoms with Crippen LogP contribution in [0.2, 0.25) is 0 Å². The summed E-state index contributed by atoms with van der Waals surface area (Å²) in [5.74, 6) is -1.19. The largest absolute Gasteiger partial charge is 0.451 e. The number of carbonyl (C=O) groups excluding carboxylic acids is 2. The average Bonchev–Trinajstić information content (AvgIpc) is 3.47. The van der Waals surface area contributed by atoms with Gasteiger partial charge in [-0.1, -0.05) is 6.07 Å². The first-order chi connectivity index (χ1) is 14.5. The van der Waals surface area contributed by atoms with Gasteiger partial charge in [0.2, 0.25) is 0 Å². The number of nitrogens with zero attached hydrogens (tertiary/aromatic N) is 3. The Hall–Kier alpha value is -3.37. The van der Waals surface area contributed by atoms with E-state index in [2.05, 4.69) is 15.4 Å². The molecule has 0 saturated heterocycles. The van der Waals surface area contributed by atoms with E-state index in [4.69, 9.17) is 4.74 Å². The minimum absolute atomic E-state index is 0.156. The third-order valence-corrected chi connectivity index (χ3v) is 5.83. The van der Waals surface area contributed by atoms with Crippen molar-refractivity contribution in [3.8, 4) is 15.6 Å². The van der Waals surface area contributed by atoms with Crippen LogP contribution in [0, 0.1) is 12.7 Å². The van der Waals surface area contributed by atoms with Gasteiger partial charge in [-0.2, -0.15) is 5.10 Å². The Morgan fingerprint density at radius 3 is 2.73 bits per heavy atom. The zero-order valence-electron chi connectivity index (χ0n) is 15.7. The molecule has 0 unspecified atom stereocenters. The monoisotopic (exact) mass is 442 g/mol. The molecular formula is C20H15FN4O3S2. The van der Waals surface area contributed by atoms with Crippen LogP contribution in [0.5, 0.6) is 0 Å². The number of aryl methyl sites for hydroxylation is 1. The second-order valence-electron chi connectivity index (χ2n) is 6.20. The summed E-state index contributed by atoms with van der Waals surface area (Å²) in [5, 5.41) is 11.2. The van der Waals surface area contributed by atoms with E-state index in [1.54, 1.807) is 30.5 Å². The Morgan fingerprint density at radius 2 is 2.00 bits per heavy atom. The Balaban J connectivity index is 1.38. The molecule has 0 bridgehead atoms. The van der Waals surface area contributed by atoms with E-state index >= 15 is 0 Å². The Labute approximate surface area is 178 Å². The lowest BCUT2D eigenvalue weighted by Gasteiger charge is -2.09. The van der Waals surface area contributed by atoms with Crippen molar-refractivity contribution in [2.45, 2.75) is 6.92 Å². The number of anilines is 1. The zero-order chi connectivity index (χ0) is 21.1. The summed E-state index contributed by atoms with van der Waals surface area (Å²) in [4.78, 5) is 29.7. The first kappa shape index (κ1) is 19.9. The first-order valence-corrected chi connectivity index (χ1v) is 10.5. The number of hydrogen-bond donors (Lipinski definition) is 1. The molecule has 1 aromatic carbocycles. The predicted molar refractivity (Wildman–Crippen MR) is 113 cm³/mol. The number of amides is 1.